The van der Waals surface area contributed by atoms with Gasteiger partial charge in [-0.25, -0.2) is 0 Å². The van der Waals surface area contributed by atoms with E-state index in [9.17, 15) is 4.79 Å². The molecule has 1 atom stereocenters. The molecule has 1 aliphatic rings. The number of aromatic nitrogens is 2. The molecule has 1 aromatic heterocycles. The Morgan fingerprint density at radius 3 is 3.12 bits per heavy atom. The molecule has 90 valence electrons. The minimum atomic E-state index is -0.106. The average molecular weight is 245 g/mol. The number of H-pyrrole nitrogens is 1. The lowest BCUT2D eigenvalue weighted by atomic mass is 10.1. The third-order valence-electron chi connectivity index (χ3n) is 2.67. The molecular formula is C10H17ClN4O. The Hall–Kier alpha value is -1.07. The summed E-state index contributed by atoms with van der Waals surface area (Å²) in [5.74, 6) is 0.367. The number of carbonyl (C=O) groups excluding carboxylic acids is 1. The summed E-state index contributed by atoms with van der Waals surface area (Å²) in [5, 5.41) is 13.0. The molecule has 2 rings (SSSR count). The van der Waals surface area contributed by atoms with E-state index < -0.39 is 0 Å². The molecule has 0 saturated carbocycles. The van der Waals surface area contributed by atoms with E-state index in [4.69, 9.17) is 0 Å². The Kier molecular flexibility index (Phi) is 4.76. The Labute approximate surface area is 101 Å². The van der Waals surface area contributed by atoms with Crippen LogP contribution in [0.2, 0.25) is 0 Å². The summed E-state index contributed by atoms with van der Waals surface area (Å²) in [6.07, 6.45) is 1.11. The van der Waals surface area contributed by atoms with Crippen molar-refractivity contribution in [3.63, 3.8) is 0 Å². The highest BCUT2D eigenvalue weighted by Crippen LogP contribution is 2.20. The number of nitrogens with zero attached hydrogens (tertiary/aromatic N) is 1. The summed E-state index contributed by atoms with van der Waals surface area (Å²) in [5.41, 5.74) is 1.54. The van der Waals surface area contributed by atoms with E-state index in [1.165, 1.54) is 0 Å². The summed E-state index contributed by atoms with van der Waals surface area (Å²) in [7, 11) is 0. The molecule has 1 amide bonds. The standard InChI is InChI=1S/C10H16N4O.ClH/c1-2-12-10(15)9-5-8(13-14-9)7-3-4-11-6-7;/h5,7,11H,2-4,6H2,1H3,(H,12,15)(H,13,14);1H. The van der Waals surface area contributed by atoms with Gasteiger partial charge in [0.05, 0.1) is 0 Å². The Morgan fingerprint density at radius 2 is 2.50 bits per heavy atom. The highest BCUT2D eigenvalue weighted by atomic mass is 35.5. The van der Waals surface area contributed by atoms with Crippen LogP contribution in [0.15, 0.2) is 6.07 Å². The lowest BCUT2D eigenvalue weighted by Gasteiger charge is -2.02. The molecule has 2 heterocycles. The number of nitrogens with one attached hydrogen (secondary N) is 3. The molecule has 1 unspecified atom stereocenters. The van der Waals surface area contributed by atoms with Crippen LogP contribution in [0.25, 0.3) is 0 Å². The van der Waals surface area contributed by atoms with Crippen molar-refractivity contribution in [2.45, 2.75) is 19.3 Å². The van der Waals surface area contributed by atoms with Crippen molar-refractivity contribution < 1.29 is 4.79 Å². The van der Waals surface area contributed by atoms with E-state index in [0.29, 0.717) is 18.2 Å². The van der Waals surface area contributed by atoms with Gasteiger partial charge < -0.3 is 10.6 Å². The zero-order valence-corrected chi connectivity index (χ0v) is 10.1. The quantitative estimate of drug-likeness (QED) is 0.732. The van der Waals surface area contributed by atoms with Crippen LogP contribution in [0.3, 0.4) is 0 Å². The summed E-state index contributed by atoms with van der Waals surface area (Å²) >= 11 is 0. The van der Waals surface area contributed by atoms with Crippen molar-refractivity contribution in [3.05, 3.63) is 17.5 Å². The number of rotatable bonds is 3. The molecule has 5 nitrogen and oxygen atoms in total. The molecule has 0 bridgehead atoms. The van der Waals surface area contributed by atoms with Gasteiger partial charge in [0.2, 0.25) is 0 Å². The van der Waals surface area contributed by atoms with Gasteiger partial charge in [0.1, 0.15) is 5.69 Å². The first-order valence-electron chi connectivity index (χ1n) is 5.35. The molecule has 0 aromatic carbocycles. The molecule has 0 aliphatic carbocycles. The van der Waals surface area contributed by atoms with E-state index in [1.807, 2.05) is 13.0 Å². The molecule has 1 saturated heterocycles. The fourth-order valence-electron chi connectivity index (χ4n) is 1.83. The minimum absolute atomic E-state index is 0. The predicted octanol–water partition coefficient (Wildman–Crippen LogP) is 0.658. The third-order valence-corrected chi connectivity index (χ3v) is 2.67. The van der Waals surface area contributed by atoms with E-state index in [2.05, 4.69) is 20.8 Å². The first-order chi connectivity index (χ1) is 7.31. The van der Waals surface area contributed by atoms with Gasteiger partial charge in [0.25, 0.3) is 5.91 Å². The molecule has 3 N–H and O–H groups in total. The van der Waals surface area contributed by atoms with E-state index in [1.54, 1.807) is 0 Å². The van der Waals surface area contributed by atoms with Crippen molar-refractivity contribution in [2.75, 3.05) is 19.6 Å². The summed E-state index contributed by atoms with van der Waals surface area (Å²) in [6, 6.07) is 1.85. The van der Waals surface area contributed by atoms with Crippen molar-refractivity contribution >= 4 is 18.3 Å². The van der Waals surface area contributed by atoms with Crippen LogP contribution in [0.4, 0.5) is 0 Å². The second kappa shape index (κ2) is 5.86. The largest absolute Gasteiger partial charge is 0.351 e. The second-order valence-electron chi connectivity index (χ2n) is 3.76. The number of carbonyl (C=O) groups is 1. The highest BCUT2D eigenvalue weighted by molar-refractivity contribution is 5.92. The molecule has 0 spiro atoms. The number of halogens is 1. The molecular weight excluding hydrogens is 228 g/mol. The van der Waals surface area contributed by atoms with Gasteiger partial charge in [-0.05, 0) is 26.0 Å². The van der Waals surface area contributed by atoms with Crippen LogP contribution < -0.4 is 10.6 Å². The van der Waals surface area contributed by atoms with Crippen molar-refractivity contribution in [2.24, 2.45) is 0 Å². The van der Waals surface area contributed by atoms with Crippen LogP contribution >= 0.6 is 12.4 Å². The lowest BCUT2D eigenvalue weighted by Crippen LogP contribution is -2.22. The third kappa shape index (κ3) is 2.74. The second-order valence-corrected chi connectivity index (χ2v) is 3.76. The maximum absolute atomic E-state index is 11.5. The Balaban J connectivity index is 0.00000128. The lowest BCUT2D eigenvalue weighted by molar-refractivity contribution is 0.0951. The van der Waals surface area contributed by atoms with E-state index in [-0.39, 0.29) is 18.3 Å². The normalized spacial score (nSPS) is 19.2. The van der Waals surface area contributed by atoms with Crippen molar-refractivity contribution in [1.29, 1.82) is 0 Å². The molecule has 16 heavy (non-hydrogen) atoms. The van der Waals surface area contributed by atoms with Gasteiger partial charge in [-0.1, -0.05) is 0 Å². The molecule has 6 heteroatoms. The molecule has 1 aromatic rings. The summed E-state index contributed by atoms with van der Waals surface area (Å²) in [4.78, 5) is 11.5. The van der Waals surface area contributed by atoms with Crippen LogP contribution in [-0.4, -0.2) is 35.7 Å². The first kappa shape index (κ1) is 13.0. The topological polar surface area (TPSA) is 69.8 Å². The molecule has 1 aliphatic heterocycles. The maximum atomic E-state index is 11.5. The van der Waals surface area contributed by atoms with Crippen LogP contribution in [-0.2, 0) is 0 Å². The SMILES string of the molecule is CCNC(=O)c1cc(C2CCNC2)[nH]n1.Cl. The van der Waals surface area contributed by atoms with Gasteiger partial charge in [0, 0.05) is 24.7 Å². The average Bonchev–Trinajstić information content (AvgIpc) is 2.89. The Morgan fingerprint density at radius 1 is 1.69 bits per heavy atom. The zero-order chi connectivity index (χ0) is 10.7. The summed E-state index contributed by atoms with van der Waals surface area (Å²) in [6.45, 7) is 4.54. The van der Waals surface area contributed by atoms with Gasteiger partial charge in [-0.2, -0.15) is 5.10 Å². The zero-order valence-electron chi connectivity index (χ0n) is 9.25. The number of aromatic amines is 1. The van der Waals surface area contributed by atoms with Crippen molar-refractivity contribution in [3.8, 4) is 0 Å². The highest BCUT2D eigenvalue weighted by Gasteiger charge is 2.20. The van der Waals surface area contributed by atoms with Crippen LogP contribution in [0.1, 0.15) is 35.4 Å². The number of amides is 1. The number of hydrogen-bond acceptors (Lipinski definition) is 3. The van der Waals surface area contributed by atoms with Gasteiger partial charge in [0.15, 0.2) is 0 Å². The van der Waals surface area contributed by atoms with Gasteiger partial charge >= 0.3 is 0 Å². The van der Waals surface area contributed by atoms with E-state index >= 15 is 0 Å². The fourth-order valence-corrected chi connectivity index (χ4v) is 1.83. The van der Waals surface area contributed by atoms with Crippen molar-refractivity contribution in [1.82, 2.24) is 20.8 Å². The fraction of sp³-hybridized carbons (Fsp3) is 0.600. The van der Waals surface area contributed by atoms with Crippen LogP contribution in [0, 0.1) is 0 Å². The van der Waals surface area contributed by atoms with E-state index in [0.717, 1.165) is 25.2 Å². The van der Waals surface area contributed by atoms with Gasteiger partial charge in [-0.3, -0.25) is 9.89 Å². The predicted molar refractivity (Wildman–Crippen MR) is 64.1 cm³/mol. The van der Waals surface area contributed by atoms with Gasteiger partial charge in [-0.15, -0.1) is 12.4 Å². The maximum Gasteiger partial charge on any atom is 0.271 e. The molecule has 1 fully saturated rings. The molecule has 0 radical (unpaired) electrons. The summed E-state index contributed by atoms with van der Waals surface area (Å²) < 4.78 is 0. The Bertz CT molecular complexity index is 346. The van der Waals surface area contributed by atoms with Crippen LogP contribution in [0.5, 0.6) is 0 Å². The first-order valence-corrected chi connectivity index (χ1v) is 5.35. The minimum Gasteiger partial charge on any atom is -0.351 e. The number of hydrogen-bond donors (Lipinski definition) is 3. The smallest absolute Gasteiger partial charge is 0.271 e. The monoisotopic (exact) mass is 244 g/mol.